The molecule has 14 heavy (non-hydrogen) atoms. The minimum atomic E-state index is -4.44. The first-order valence-corrected chi connectivity index (χ1v) is 4.77. The van der Waals surface area contributed by atoms with E-state index in [1.165, 1.54) is 13.2 Å². The highest BCUT2D eigenvalue weighted by atomic mass is 79.9. The van der Waals surface area contributed by atoms with Crippen LogP contribution >= 0.6 is 15.9 Å². The molecule has 1 aromatic heterocycles. The maximum Gasteiger partial charge on any atom is 0.433 e. The normalized spacial score (nSPS) is 11.5. The van der Waals surface area contributed by atoms with E-state index < -0.39 is 11.9 Å². The lowest BCUT2D eigenvalue weighted by Gasteiger charge is -2.08. The standard InChI is InChI=1S/C8H7BrF3NO/c1-14-7-3-5(4-9)2-6(13-7)8(10,11)12/h2-3H,4H2,1H3. The van der Waals surface area contributed by atoms with Crippen molar-refractivity contribution in [3.63, 3.8) is 0 Å². The second-order valence-electron chi connectivity index (χ2n) is 2.53. The third kappa shape index (κ3) is 2.60. The molecule has 0 atom stereocenters. The highest BCUT2D eigenvalue weighted by Crippen LogP contribution is 2.30. The minimum absolute atomic E-state index is 0.0331. The van der Waals surface area contributed by atoms with Crippen molar-refractivity contribution in [2.75, 3.05) is 7.11 Å². The van der Waals surface area contributed by atoms with Crippen LogP contribution < -0.4 is 4.74 Å². The SMILES string of the molecule is COc1cc(CBr)cc(C(F)(F)F)n1. The zero-order valence-electron chi connectivity index (χ0n) is 7.23. The number of ether oxygens (including phenoxy) is 1. The number of hydrogen-bond donors (Lipinski definition) is 0. The van der Waals surface area contributed by atoms with Gasteiger partial charge in [-0.1, -0.05) is 15.9 Å². The minimum Gasteiger partial charge on any atom is -0.481 e. The summed E-state index contributed by atoms with van der Waals surface area (Å²) >= 11 is 3.07. The molecular weight excluding hydrogens is 263 g/mol. The Balaban J connectivity index is 3.17. The molecular formula is C8H7BrF3NO. The highest BCUT2D eigenvalue weighted by Gasteiger charge is 2.33. The van der Waals surface area contributed by atoms with E-state index in [1.807, 2.05) is 0 Å². The van der Waals surface area contributed by atoms with E-state index >= 15 is 0 Å². The molecule has 78 valence electrons. The summed E-state index contributed by atoms with van der Waals surface area (Å²) in [6.07, 6.45) is -4.44. The van der Waals surface area contributed by atoms with Gasteiger partial charge in [0.05, 0.1) is 7.11 Å². The summed E-state index contributed by atoms with van der Waals surface area (Å²) < 4.78 is 41.5. The maximum atomic E-state index is 12.3. The molecule has 0 aliphatic heterocycles. The summed E-state index contributed by atoms with van der Waals surface area (Å²) in [5.41, 5.74) is -0.463. The topological polar surface area (TPSA) is 22.1 Å². The molecule has 0 aliphatic carbocycles. The molecule has 0 unspecified atom stereocenters. The van der Waals surface area contributed by atoms with Gasteiger partial charge >= 0.3 is 6.18 Å². The number of rotatable bonds is 2. The molecule has 1 heterocycles. The molecule has 0 saturated heterocycles. The maximum absolute atomic E-state index is 12.3. The van der Waals surface area contributed by atoms with Crippen LogP contribution in [0.3, 0.4) is 0 Å². The fourth-order valence-electron chi connectivity index (χ4n) is 0.886. The summed E-state index contributed by atoms with van der Waals surface area (Å²) in [6, 6.07) is 2.43. The van der Waals surface area contributed by atoms with E-state index in [-0.39, 0.29) is 5.88 Å². The first kappa shape index (κ1) is 11.3. The van der Waals surface area contributed by atoms with Crippen LogP contribution in [0.15, 0.2) is 12.1 Å². The van der Waals surface area contributed by atoms with Crippen molar-refractivity contribution >= 4 is 15.9 Å². The number of halogens is 4. The van der Waals surface area contributed by atoms with Crippen molar-refractivity contribution in [2.24, 2.45) is 0 Å². The van der Waals surface area contributed by atoms with Crippen molar-refractivity contribution in [1.29, 1.82) is 0 Å². The van der Waals surface area contributed by atoms with Gasteiger partial charge in [-0.15, -0.1) is 0 Å². The van der Waals surface area contributed by atoms with Crippen LogP contribution in [0.2, 0.25) is 0 Å². The molecule has 1 aromatic rings. The number of hydrogen-bond acceptors (Lipinski definition) is 2. The molecule has 0 N–H and O–H groups in total. The first-order valence-electron chi connectivity index (χ1n) is 3.65. The summed E-state index contributed by atoms with van der Waals surface area (Å²) in [7, 11) is 1.28. The first-order chi connectivity index (χ1) is 6.47. The Labute approximate surface area is 87.2 Å². The predicted molar refractivity (Wildman–Crippen MR) is 48.4 cm³/mol. The third-order valence-electron chi connectivity index (χ3n) is 1.52. The Morgan fingerprint density at radius 1 is 1.43 bits per heavy atom. The summed E-state index contributed by atoms with van der Waals surface area (Å²) in [5, 5.41) is 0.328. The monoisotopic (exact) mass is 269 g/mol. The number of pyridine rings is 1. The Morgan fingerprint density at radius 3 is 2.50 bits per heavy atom. The lowest BCUT2D eigenvalue weighted by molar-refractivity contribution is -0.141. The molecule has 1 rings (SSSR count). The molecule has 0 aliphatic rings. The van der Waals surface area contributed by atoms with Gasteiger partial charge in [0.2, 0.25) is 5.88 Å². The molecule has 0 radical (unpaired) electrons. The zero-order valence-corrected chi connectivity index (χ0v) is 8.82. The van der Waals surface area contributed by atoms with Gasteiger partial charge in [-0.2, -0.15) is 13.2 Å². The Hall–Kier alpha value is -0.780. The summed E-state index contributed by atoms with van der Waals surface area (Å²) in [6.45, 7) is 0. The van der Waals surface area contributed by atoms with Crippen LogP contribution in [0, 0.1) is 0 Å². The fourth-order valence-corrected chi connectivity index (χ4v) is 1.21. The molecule has 0 spiro atoms. The fraction of sp³-hybridized carbons (Fsp3) is 0.375. The van der Waals surface area contributed by atoms with Gasteiger partial charge in [-0.25, -0.2) is 4.98 Å². The lowest BCUT2D eigenvalue weighted by atomic mass is 10.2. The van der Waals surface area contributed by atoms with E-state index in [4.69, 9.17) is 0 Å². The van der Waals surface area contributed by atoms with E-state index in [0.717, 1.165) is 6.07 Å². The third-order valence-corrected chi connectivity index (χ3v) is 2.16. The lowest BCUT2D eigenvalue weighted by Crippen LogP contribution is -2.09. The van der Waals surface area contributed by atoms with Crippen molar-refractivity contribution in [3.8, 4) is 5.88 Å². The van der Waals surface area contributed by atoms with Gasteiger partial charge in [0.25, 0.3) is 0 Å². The van der Waals surface area contributed by atoms with Crippen molar-refractivity contribution in [1.82, 2.24) is 4.98 Å². The van der Waals surface area contributed by atoms with Crippen LogP contribution in [0.4, 0.5) is 13.2 Å². The second kappa shape index (κ2) is 4.16. The number of alkyl halides is 4. The average molecular weight is 270 g/mol. The molecule has 0 aromatic carbocycles. The summed E-state index contributed by atoms with van der Waals surface area (Å²) in [4.78, 5) is 3.30. The van der Waals surface area contributed by atoms with E-state index in [2.05, 4.69) is 25.7 Å². The van der Waals surface area contributed by atoms with Gasteiger partial charge in [0, 0.05) is 11.4 Å². The second-order valence-corrected chi connectivity index (χ2v) is 3.10. The highest BCUT2D eigenvalue weighted by molar-refractivity contribution is 9.08. The zero-order chi connectivity index (χ0) is 10.8. The molecule has 0 saturated carbocycles. The van der Waals surface area contributed by atoms with E-state index in [1.54, 1.807) is 0 Å². The van der Waals surface area contributed by atoms with Gasteiger partial charge in [-0.3, -0.25) is 0 Å². The number of methoxy groups -OCH3 is 1. The Morgan fingerprint density at radius 2 is 2.07 bits per heavy atom. The Bertz CT molecular complexity index is 305. The van der Waals surface area contributed by atoms with Crippen molar-refractivity contribution < 1.29 is 17.9 Å². The molecule has 6 heteroatoms. The van der Waals surface area contributed by atoms with Crippen LogP contribution in [0.1, 0.15) is 11.3 Å². The largest absolute Gasteiger partial charge is 0.481 e. The number of aromatic nitrogens is 1. The van der Waals surface area contributed by atoms with Crippen LogP contribution in [-0.2, 0) is 11.5 Å². The molecule has 2 nitrogen and oxygen atoms in total. The van der Waals surface area contributed by atoms with Crippen LogP contribution in [0.25, 0.3) is 0 Å². The average Bonchev–Trinajstić information content (AvgIpc) is 2.15. The van der Waals surface area contributed by atoms with E-state index in [0.29, 0.717) is 10.9 Å². The number of nitrogens with zero attached hydrogens (tertiary/aromatic N) is 1. The van der Waals surface area contributed by atoms with Crippen molar-refractivity contribution in [3.05, 3.63) is 23.4 Å². The predicted octanol–water partition coefficient (Wildman–Crippen LogP) is 3.00. The van der Waals surface area contributed by atoms with E-state index in [9.17, 15) is 13.2 Å². The van der Waals surface area contributed by atoms with Gasteiger partial charge < -0.3 is 4.74 Å². The molecule has 0 fully saturated rings. The molecule has 0 amide bonds. The van der Waals surface area contributed by atoms with Crippen LogP contribution in [0.5, 0.6) is 5.88 Å². The van der Waals surface area contributed by atoms with Gasteiger partial charge in [-0.05, 0) is 11.6 Å². The van der Waals surface area contributed by atoms with Gasteiger partial charge in [0.1, 0.15) is 5.69 Å². The Kier molecular flexibility index (Phi) is 3.36. The summed E-state index contributed by atoms with van der Waals surface area (Å²) in [5.74, 6) is -0.0331. The molecule has 0 bridgehead atoms. The van der Waals surface area contributed by atoms with Crippen LogP contribution in [-0.4, -0.2) is 12.1 Å². The smallest absolute Gasteiger partial charge is 0.433 e. The van der Waals surface area contributed by atoms with Gasteiger partial charge in [0.15, 0.2) is 0 Å². The van der Waals surface area contributed by atoms with Crippen molar-refractivity contribution in [2.45, 2.75) is 11.5 Å². The quantitative estimate of drug-likeness (QED) is 0.771.